The summed E-state index contributed by atoms with van der Waals surface area (Å²) in [5.74, 6) is -1.10. The minimum absolute atomic E-state index is 0.0725. The van der Waals surface area contributed by atoms with Crippen LogP contribution in [0, 0.1) is 5.82 Å². The summed E-state index contributed by atoms with van der Waals surface area (Å²) in [6, 6.07) is 4.18. The summed E-state index contributed by atoms with van der Waals surface area (Å²) >= 11 is 0. The number of nitrogens with two attached hydrogens (primary N) is 1. The smallest absolute Gasteiger partial charge is 0.248 e. The summed E-state index contributed by atoms with van der Waals surface area (Å²) in [5.41, 5.74) is 5.41. The summed E-state index contributed by atoms with van der Waals surface area (Å²) in [7, 11) is 0. The van der Waals surface area contributed by atoms with E-state index in [0.29, 0.717) is 18.5 Å². The first-order valence-electron chi connectivity index (χ1n) is 5.80. The second-order valence-corrected chi connectivity index (χ2v) is 4.88. The first kappa shape index (κ1) is 14.6. The zero-order valence-corrected chi connectivity index (χ0v) is 10.7. The summed E-state index contributed by atoms with van der Waals surface area (Å²) in [5, 5.41) is 12.0. The largest absolute Gasteiger partial charge is 0.396 e. The van der Waals surface area contributed by atoms with Gasteiger partial charge in [-0.25, -0.2) is 4.39 Å². The number of hydrogen-bond donors (Lipinski definition) is 3. The summed E-state index contributed by atoms with van der Waals surface area (Å²) in [4.78, 5) is 10.9. The van der Waals surface area contributed by atoms with Crippen LogP contribution in [0.15, 0.2) is 18.2 Å². The summed E-state index contributed by atoms with van der Waals surface area (Å²) in [6.07, 6.45) is 0.577. The van der Waals surface area contributed by atoms with Gasteiger partial charge in [-0.2, -0.15) is 0 Å². The first-order valence-corrected chi connectivity index (χ1v) is 5.80. The Hall–Kier alpha value is -1.46. The van der Waals surface area contributed by atoms with Gasteiger partial charge in [0.05, 0.1) is 0 Å². The van der Waals surface area contributed by atoms with Gasteiger partial charge < -0.3 is 16.2 Å². The van der Waals surface area contributed by atoms with Gasteiger partial charge in [-0.05, 0) is 32.4 Å². The molecule has 0 aliphatic carbocycles. The lowest BCUT2D eigenvalue weighted by Gasteiger charge is -2.25. The zero-order chi connectivity index (χ0) is 13.8. The van der Waals surface area contributed by atoms with Crippen molar-refractivity contribution in [2.75, 3.05) is 6.61 Å². The fourth-order valence-electron chi connectivity index (χ4n) is 1.55. The fraction of sp³-hybridized carbons (Fsp3) is 0.462. The number of carbonyl (C=O) groups is 1. The van der Waals surface area contributed by atoms with Crippen molar-refractivity contribution in [3.05, 3.63) is 35.1 Å². The third kappa shape index (κ3) is 4.09. The number of halogens is 1. The molecule has 0 bridgehead atoms. The number of nitrogens with one attached hydrogen (secondary N) is 1. The Bertz CT molecular complexity index is 433. The van der Waals surface area contributed by atoms with E-state index in [0.717, 1.165) is 6.07 Å². The standard InChI is InChI=1S/C13H19FN2O2/c1-13(2,5-6-17)16-8-10-4-3-9(12(15)18)7-11(10)14/h3-4,7,16-17H,5-6,8H2,1-2H3,(H2,15,18). The molecule has 0 atom stereocenters. The van der Waals surface area contributed by atoms with Gasteiger partial charge in [0.25, 0.3) is 0 Å². The number of carbonyl (C=O) groups excluding carboxylic acids is 1. The highest BCUT2D eigenvalue weighted by Crippen LogP contribution is 2.13. The molecule has 0 aliphatic rings. The maximum atomic E-state index is 13.7. The number of primary amides is 1. The van der Waals surface area contributed by atoms with Crippen molar-refractivity contribution in [2.24, 2.45) is 5.73 Å². The zero-order valence-electron chi connectivity index (χ0n) is 10.7. The molecule has 1 aromatic carbocycles. The van der Waals surface area contributed by atoms with Crippen molar-refractivity contribution in [3.63, 3.8) is 0 Å². The molecule has 0 saturated carbocycles. The van der Waals surface area contributed by atoms with Crippen molar-refractivity contribution in [1.29, 1.82) is 0 Å². The maximum absolute atomic E-state index is 13.7. The van der Waals surface area contributed by atoms with Crippen molar-refractivity contribution >= 4 is 5.91 Å². The van der Waals surface area contributed by atoms with Gasteiger partial charge in [-0.3, -0.25) is 4.79 Å². The normalized spacial score (nSPS) is 11.6. The maximum Gasteiger partial charge on any atom is 0.248 e. The molecule has 0 aliphatic heterocycles. The second-order valence-electron chi connectivity index (χ2n) is 4.88. The van der Waals surface area contributed by atoms with E-state index in [9.17, 15) is 9.18 Å². The van der Waals surface area contributed by atoms with Crippen LogP contribution in [-0.2, 0) is 6.54 Å². The molecule has 0 heterocycles. The van der Waals surface area contributed by atoms with Crippen molar-refractivity contribution in [1.82, 2.24) is 5.32 Å². The van der Waals surface area contributed by atoms with Crippen LogP contribution in [0.2, 0.25) is 0 Å². The Morgan fingerprint density at radius 3 is 2.67 bits per heavy atom. The predicted molar refractivity (Wildman–Crippen MR) is 67.5 cm³/mol. The SMILES string of the molecule is CC(C)(CCO)NCc1ccc(C(N)=O)cc1F. The van der Waals surface area contributed by atoms with Crippen molar-refractivity contribution in [3.8, 4) is 0 Å². The topological polar surface area (TPSA) is 75.3 Å². The van der Waals surface area contributed by atoms with Gasteiger partial charge in [0.15, 0.2) is 0 Å². The van der Waals surface area contributed by atoms with Crippen LogP contribution in [0.25, 0.3) is 0 Å². The van der Waals surface area contributed by atoms with Crippen LogP contribution in [-0.4, -0.2) is 23.2 Å². The monoisotopic (exact) mass is 254 g/mol. The van der Waals surface area contributed by atoms with Crippen molar-refractivity contribution < 1.29 is 14.3 Å². The molecule has 1 rings (SSSR count). The summed E-state index contributed by atoms with van der Waals surface area (Å²) < 4.78 is 13.7. The Morgan fingerprint density at radius 2 is 2.17 bits per heavy atom. The lowest BCUT2D eigenvalue weighted by atomic mass is 10.0. The average Bonchev–Trinajstić information content (AvgIpc) is 2.27. The van der Waals surface area contributed by atoms with Gasteiger partial charge in [0, 0.05) is 29.8 Å². The molecule has 100 valence electrons. The van der Waals surface area contributed by atoms with E-state index in [1.807, 2.05) is 13.8 Å². The highest BCUT2D eigenvalue weighted by atomic mass is 19.1. The second kappa shape index (κ2) is 5.93. The minimum atomic E-state index is -0.644. The van der Waals surface area contributed by atoms with Crippen LogP contribution in [0.4, 0.5) is 4.39 Å². The lowest BCUT2D eigenvalue weighted by Crippen LogP contribution is -2.39. The molecule has 0 unspecified atom stereocenters. The molecular formula is C13H19FN2O2. The fourth-order valence-corrected chi connectivity index (χ4v) is 1.55. The van der Waals surface area contributed by atoms with E-state index < -0.39 is 11.7 Å². The van der Waals surface area contributed by atoms with Crippen LogP contribution in [0.3, 0.4) is 0 Å². The van der Waals surface area contributed by atoms with E-state index >= 15 is 0 Å². The highest BCUT2D eigenvalue weighted by Gasteiger charge is 2.17. The predicted octanol–water partition coefficient (Wildman–Crippen LogP) is 1.18. The van der Waals surface area contributed by atoms with E-state index in [-0.39, 0.29) is 17.7 Å². The van der Waals surface area contributed by atoms with E-state index in [4.69, 9.17) is 10.8 Å². The molecule has 1 aromatic rings. The lowest BCUT2D eigenvalue weighted by molar-refractivity contribution is 0.1000. The number of aliphatic hydroxyl groups is 1. The molecule has 1 amide bonds. The van der Waals surface area contributed by atoms with Crippen LogP contribution in [0.5, 0.6) is 0 Å². The third-order valence-corrected chi connectivity index (χ3v) is 2.83. The van der Waals surface area contributed by atoms with Crippen LogP contribution >= 0.6 is 0 Å². The number of amides is 1. The number of benzene rings is 1. The van der Waals surface area contributed by atoms with E-state index in [2.05, 4.69) is 5.32 Å². The Labute approximate surface area is 106 Å². The molecule has 0 radical (unpaired) electrons. The minimum Gasteiger partial charge on any atom is -0.396 e. The quantitative estimate of drug-likeness (QED) is 0.713. The third-order valence-electron chi connectivity index (χ3n) is 2.83. The van der Waals surface area contributed by atoms with Gasteiger partial charge in [0.1, 0.15) is 5.82 Å². The van der Waals surface area contributed by atoms with Crippen LogP contribution in [0.1, 0.15) is 36.2 Å². The molecule has 0 aromatic heterocycles. The van der Waals surface area contributed by atoms with E-state index in [1.54, 1.807) is 0 Å². The number of rotatable bonds is 6. The Balaban J connectivity index is 2.71. The highest BCUT2D eigenvalue weighted by molar-refractivity contribution is 5.92. The Morgan fingerprint density at radius 1 is 1.50 bits per heavy atom. The molecule has 0 spiro atoms. The van der Waals surface area contributed by atoms with Gasteiger partial charge >= 0.3 is 0 Å². The molecule has 0 saturated heterocycles. The molecule has 4 nitrogen and oxygen atoms in total. The Kier molecular flexibility index (Phi) is 4.81. The number of aliphatic hydroxyl groups excluding tert-OH is 1. The van der Waals surface area contributed by atoms with E-state index in [1.165, 1.54) is 12.1 Å². The summed E-state index contributed by atoms with van der Waals surface area (Å²) in [6.45, 7) is 4.26. The van der Waals surface area contributed by atoms with Gasteiger partial charge in [-0.15, -0.1) is 0 Å². The van der Waals surface area contributed by atoms with Gasteiger partial charge in [0.2, 0.25) is 5.91 Å². The molecule has 18 heavy (non-hydrogen) atoms. The molecular weight excluding hydrogens is 235 g/mol. The first-order chi connectivity index (χ1) is 8.35. The average molecular weight is 254 g/mol. The van der Waals surface area contributed by atoms with Crippen LogP contribution < -0.4 is 11.1 Å². The number of hydrogen-bond acceptors (Lipinski definition) is 3. The van der Waals surface area contributed by atoms with Crippen molar-refractivity contribution in [2.45, 2.75) is 32.4 Å². The molecule has 5 heteroatoms. The van der Waals surface area contributed by atoms with Gasteiger partial charge in [-0.1, -0.05) is 6.07 Å². The molecule has 4 N–H and O–H groups in total. The molecule has 0 fully saturated rings.